The highest BCUT2D eigenvalue weighted by molar-refractivity contribution is 7.98. The summed E-state index contributed by atoms with van der Waals surface area (Å²) in [5.41, 5.74) is 9.37. The van der Waals surface area contributed by atoms with Crippen LogP contribution in [0.5, 0.6) is 0 Å². The van der Waals surface area contributed by atoms with Gasteiger partial charge in [0.1, 0.15) is 0 Å². The molecule has 1 amide bonds. The molecule has 1 atom stereocenters. The average molecular weight is 343 g/mol. The minimum Gasteiger partial charge on any atom is -0.325 e. The first kappa shape index (κ1) is 18.6. The molecule has 128 valence electrons. The van der Waals surface area contributed by atoms with E-state index in [1.165, 1.54) is 11.1 Å². The third-order valence-corrected chi connectivity index (χ3v) is 4.90. The van der Waals surface area contributed by atoms with E-state index in [1.807, 2.05) is 42.5 Å². The lowest BCUT2D eigenvalue weighted by molar-refractivity contribution is -0.116. The first-order chi connectivity index (χ1) is 11.4. The van der Waals surface area contributed by atoms with Crippen LogP contribution >= 0.6 is 11.8 Å². The molecular formula is C20H26N2OS. The molecule has 0 bridgehead atoms. The minimum absolute atomic E-state index is 0.104. The highest BCUT2D eigenvalue weighted by Gasteiger charge is 2.15. The molecule has 0 spiro atoms. The second-order valence-electron chi connectivity index (χ2n) is 6.92. The Bertz CT molecular complexity index is 648. The molecule has 0 aromatic heterocycles. The van der Waals surface area contributed by atoms with Crippen LogP contribution in [0.2, 0.25) is 0 Å². The van der Waals surface area contributed by atoms with Crippen LogP contribution in [0.25, 0.3) is 0 Å². The normalized spacial score (nSPS) is 12.7. The molecule has 0 fully saturated rings. The lowest BCUT2D eigenvalue weighted by atomic mass is 9.87. The quantitative estimate of drug-likeness (QED) is 0.828. The van der Waals surface area contributed by atoms with Crippen LogP contribution in [0.4, 0.5) is 5.69 Å². The molecule has 3 nitrogen and oxygen atoms in total. The number of thioether (sulfide) groups is 1. The van der Waals surface area contributed by atoms with Gasteiger partial charge in [-0.25, -0.2) is 0 Å². The Morgan fingerprint density at radius 1 is 1.08 bits per heavy atom. The number of carbonyl (C=O) groups excluding carboxylic acids is 1. The van der Waals surface area contributed by atoms with E-state index in [2.05, 4.69) is 38.2 Å². The minimum atomic E-state index is -0.513. The maximum Gasteiger partial charge on any atom is 0.242 e. The van der Waals surface area contributed by atoms with Gasteiger partial charge in [-0.3, -0.25) is 4.79 Å². The van der Waals surface area contributed by atoms with Crippen LogP contribution in [-0.4, -0.2) is 17.7 Å². The Hall–Kier alpha value is -1.78. The van der Waals surface area contributed by atoms with Crippen LogP contribution < -0.4 is 11.1 Å². The fourth-order valence-electron chi connectivity index (χ4n) is 2.24. The van der Waals surface area contributed by atoms with Crippen LogP contribution in [0.3, 0.4) is 0 Å². The van der Waals surface area contributed by atoms with Crippen molar-refractivity contribution in [1.29, 1.82) is 0 Å². The number of anilines is 1. The molecule has 0 aliphatic carbocycles. The maximum atomic E-state index is 12.2. The average Bonchev–Trinajstić information content (AvgIpc) is 2.55. The number of nitrogens with two attached hydrogens (primary N) is 1. The van der Waals surface area contributed by atoms with Gasteiger partial charge in [0, 0.05) is 17.2 Å². The third-order valence-electron chi connectivity index (χ3n) is 3.76. The summed E-state index contributed by atoms with van der Waals surface area (Å²) in [6, 6.07) is 17.6. The zero-order valence-corrected chi connectivity index (χ0v) is 15.4. The van der Waals surface area contributed by atoms with Crippen LogP contribution in [0.15, 0.2) is 54.6 Å². The van der Waals surface area contributed by atoms with E-state index in [9.17, 15) is 4.79 Å². The van der Waals surface area contributed by atoms with Crippen molar-refractivity contribution in [2.75, 3.05) is 11.1 Å². The number of carbonyl (C=O) groups is 1. The van der Waals surface area contributed by atoms with E-state index in [4.69, 9.17) is 5.73 Å². The number of benzene rings is 2. The number of hydrogen-bond acceptors (Lipinski definition) is 3. The molecule has 0 radical (unpaired) electrons. The van der Waals surface area contributed by atoms with Crippen LogP contribution in [0.1, 0.15) is 31.9 Å². The molecule has 0 aliphatic heterocycles. The smallest absolute Gasteiger partial charge is 0.242 e. The lowest BCUT2D eigenvalue weighted by Gasteiger charge is -2.19. The Labute approximate surface area is 149 Å². The summed E-state index contributed by atoms with van der Waals surface area (Å²) in [5.74, 6) is 1.32. The zero-order chi connectivity index (χ0) is 17.6. The van der Waals surface area contributed by atoms with Crippen LogP contribution in [-0.2, 0) is 16.0 Å². The van der Waals surface area contributed by atoms with E-state index in [0.717, 1.165) is 11.4 Å². The van der Waals surface area contributed by atoms with Gasteiger partial charge in [-0.1, -0.05) is 63.2 Å². The number of nitrogens with one attached hydrogen (secondary N) is 1. The Kier molecular flexibility index (Phi) is 6.46. The SMILES string of the molecule is CC(C)(C)c1ccc(NC(=O)[C@@H](N)CSCc2ccccc2)cc1. The summed E-state index contributed by atoms with van der Waals surface area (Å²) in [6.45, 7) is 6.50. The summed E-state index contributed by atoms with van der Waals surface area (Å²) in [6.07, 6.45) is 0. The second kappa shape index (κ2) is 8.36. The largest absolute Gasteiger partial charge is 0.325 e. The van der Waals surface area contributed by atoms with Crippen LogP contribution in [0, 0.1) is 0 Å². The predicted octanol–water partition coefficient (Wildman–Crippen LogP) is 4.18. The molecule has 0 saturated heterocycles. The van der Waals surface area contributed by atoms with Gasteiger partial charge in [0.2, 0.25) is 5.91 Å². The van der Waals surface area contributed by atoms with Gasteiger partial charge in [0.25, 0.3) is 0 Å². The Balaban J connectivity index is 1.81. The number of rotatable bonds is 6. The van der Waals surface area contributed by atoms with Crippen molar-refractivity contribution in [3.63, 3.8) is 0 Å². The maximum absolute atomic E-state index is 12.2. The highest BCUT2D eigenvalue weighted by Crippen LogP contribution is 2.23. The first-order valence-electron chi connectivity index (χ1n) is 8.15. The molecule has 2 aromatic carbocycles. The van der Waals surface area contributed by atoms with Gasteiger partial charge in [-0.2, -0.15) is 11.8 Å². The molecule has 24 heavy (non-hydrogen) atoms. The van der Waals surface area contributed by atoms with Crippen molar-refractivity contribution in [2.24, 2.45) is 5.73 Å². The van der Waals surface area contributed by atoms with Crippen molar-refractivity contribution in [3.8, 4) is 0 Å². The molecule has 0 saturated carbocycles. The van der Waals surface area contributed by atoms with E-state index < -0.39 is 6.04 Å². The van der Waals surface area contributed by atoms with Gasteiger partial charge < -0.3 is 11.1 Å². The zero-order valence-electron chi connectivity index (χ0n) is 14.6. The molecular weight excluding hydrogens is 316 g/mol. The van der Waals surface area contributed by atoms with Gasteiger partial charge in [-0.05, 0) is 28.7 Å². The monoisotopic (exact) mass is 342 g/mol. The fourth-order valence-corrected chi connectivity index (χ4v) is 3.19. The molecule has 4 heteroatoms. The predicted molar refractivity (Wildman–Crippen MR) is 104 cm³/mol. The molecule has 3 N–H and O–H groups in total. The van der Waals surface area contributed by atoms with Gasteiger partial charge in [0.15, 0.2) is 0 Å². The topological polar surface area (TPSA) is 55.1 Å². The summed E-state index contributed by atoms with van der Waals surface area (Å²) >= 11 is 1.67. The first-order valence-corrected chi connectivity index (χ1v) is 9.30. The standard InChI is InChI=1S/C20H26N2OS/c1-20(2,3)16-9-11-17(12-10-16)22-19(23)18(21)14-24-13-15-7-5-4-6-8-15/h4-12,18H,13-14,21H2,1-3H3,(H,22,23)/t18-/m0/s1. The van der Waals surface area contributed by atoms with Crippen molar-refractivity contribution in [3.05, 3.63) is 65.7 Å². The molecule has 2 aromatic rings. The molecule has 0 heterocycles. The highest BCUT2D eigenvalue weighted by atomic mass is 32.2. The van der Waals surface area contributed by atoms with Gasteiger partial charge in [0.05, 0.1) is 6.04 Å². The van der Waals surface area contributed by atoms with E-state index in [-0.39, 0.29) is 11.3 Å². The molecule has 0 aliphatic rings. The third kappa shape index (κ3) is 5.69. The number of amides is 1. The van der Waals surface area contributed by atoms with Crippen molar-refractivity contribution >= 4 is 23.4 Å². The second-order valence-corrected chi connectivity index (χ2v) is 7.95. The summed E-state index contributed by atoms with van der Waals surface area (Å²) in [4.78, 5) is 12.2. The summed E-state index contributed by atoms with van der Waals surface area (Å²) < 4.78 is 0. The van der Waals surface area contributed by atoms with E-state index in [0.29, 0.717) is 5.75 Å². The van der Waals surface area contributed by atoms with Gasteiger partial charge >= 0.3 is 0 Å². The summed E-state index contributed by atoms with van der Waals surface area (Å²) in [5, 5.41) is 2.89. The summed E-state index contributed by atoms with van der Waals surface area (Å²) in [7, 11) is 0. The van der Waals surface area contributed by atoms with Crippen molar-refractivity contribution < 1.29 is 4.79 Å². The number of hydrogen-bond donors (Lipinski definition) is 2. The van der Waals surface area contributed by atoms with E-state index in [1.54, 1.807) is 11.8 Å². The van der Waals surface area contributed by atoms with E-state index >= 15 is 0 Å². The molecule has 0 unspecified atom stereocenters. The van der Waals surface area contributed by atoms with Crippen molar-refractivity contribution in [1.82, 2.24) is 0 Å². The van der Waals surface area contributed by atoms with Crippen molar-refractivity contribution in [2.45, 2.75) is 38.0 Å². The fraction of sp³-hybridized carbons (Fsp3) is 0.350. The Morgan fingerprint density at radius 3 is 2.29 bits per heavy atom. The Morgan fingerprint density at radius 2 is 1.71 bits per heavy atom. The van der Waals surface area contributed by atoms with Gasteiger partial charge in [-0.15, -0.1) is 0 Å². The molecule has 2 rings (SSSR count). The lowest BCUT2D eigenvalue weighted by Crippen LogP contribution is -2.37.